The molecule has 1 atom stereocenters. The van der Waals surface area contributed by atoms with Gasteiger partial charge in [0.2, 0.25) is 0 Å². The largest absolute Gasteiger partial charge is 0.470 e. The van der Waals surface area contributed by atoms with Gasteiger partial charge >= 0.3 is 0 Å². The lowest BCUT2D eigenvalue weighted by molar-refractivity contribution is 0.0519. The fourth-order valence-electron chi connectivity index (χ4n) is 3.27. The van der Waals surface area contributed by atoms with Crippen molar-refractivity contribution < 1.29 is 14.1 Å². The zero-order valence-corrected chi connectivity index (χ0v) is 16.4. The van der Waals surface area contributed by atoms with Crippen LogP contribution in [0.3, 0.4) is 0 Å². The van der Waals surface area contributed by atoms with Gasteiger partial charge in [-0.2, -0.15) is 0 Å². The zero-order valence-electron chi connectivity index (χ0n) is 16.4. The molecule has 4 heterocycles. The molecule has 0 bridgehead atoms. The molecule has 9 heteroatoms. The molecular formula is C20H22N6O3. The van der Waals surface area contributed by atoms with Gasteiger partial charge in [0.15, 0.2) is 17.3 Å². The minimum atomic E-state index is -0.177. The van der Waals surface area contributed by atoms with Gasteiger partial charge in [-0.05, 0) is 25.0 Å². The molecule has 0 radical (unpaired) electrons. The van der Waals surface area contributed by atoms with Crippen LogP contribution in [-0.2, 0) is 0 Å². The molecule has 0 saturated carbocycles. The van der Waals surface area contributed by atoms with Crippen molar-refractivity contribution in [1.29, 1.82) is 0 Å². The minimum Gasteiger partial charge on any atom is -0.470 e. The molecule has 1 amide bonds. The quantitative estimate of drug-likeness (QED) is 0.650. The second kappa shape index (κ2) is 8.26. The summed E-state index contributed by atoms with van der Waals surface area (Å²) in [6.07, 6.45) is 8.09. The molecule has 4 rings (SSSR count). The summed E-state index contributed by atoms with van der Waals surface area (Å²) in [5, 5.41) is 3.95. The van der Waals surface area contributed by atoms with Gasteiger partial charge in [-0.25, -0.2) is 9.97 Å². The summed E-state index contributed by atoms with van der Waals surface area (Å²) in [4.78, 5) is 29.2. The second-order valence-electron chi connectivity index (χ2n) is 7.03. The molecule has 0 N–H and O–H groups in total. The lowest BCUT2D eigenvalue weighted by Gasteiger charge is -2.32. The van der Waals surface area contributed by atoms with Gasteiger partial charge in [-0.1, -0.05) is 5.16 Å². The van der Waals surface area contributed by atoms with E-state index in [1.807, 2.05) is 25.1 Å². The summed E-state index contributed by atoms with van der Waals surface area (Å²) in [6.45, 7) is 1.10. The number of likely N-dealkylation sites (tertiary alicyclic amines) is 1. The Bertz CT molecular complexity index is 975. The maximum Gasteiger partial charge on any atom is 0.276 e. The maximum absolute atomic E-state index is 12.9. The number of hydrogen-bond acceptors (Lipinski definition) is 8. The molecule has 1 saturated heterocycles. The average Bonchev–Trinajstić information content (AvgIpc) is 3.24. The molecule has 0 spiro atoms. The van der Waals surface area contributed by atoms with E-state index in [1.54, 1.807) is 41.8 Å². The molecular weight excluding hydrogens is 372 g/mol. The van der Waals surface area contributed by atoms with Crippen molar-refractivity contribution in [2.24, 2.45) is 0 Å². The summed E-state index contributed by atoms with van der Waals surface area (Å²) in [7, 11) is 3.77. The first-order valence-corrected chi connectivity index (χ1v) is 9.43. The zero-order chi connectivity index (χ0) is 20.2. The fraction of sp³-hybridized carbons (Fsp3) is 0.350. The Kier molecular flexibility index (Phi) is 5.37. The number of nitrogens with zero attached hydrogens (tertiary/aromatic N) is 6. The van der Waals surface area contributed by atoms with Crippen molar-refractivity contribution in [3.05, 3.63) is 48.7 Å². The summed E-state index contributed by atoms with van der Waals surface area (Å²) < 4.78 is 11.4. The molecule has 1 aliphatic heterocycles. The van der Waals surface area contributed by atoms with Gasteiger partial charge in [-0.15, -0.1) is 0 Å². The SMILES string of the molecule is CN(C)c1nccnc1OC1CCCN(C(=O)c2cc(-c3cccnc3)on2)C1. The molecule has 9 nitrogen and oxygen atoms in total. The van der Waals surface area contributed by atoms with Crippen molar-refractivity contribution >= 4 is 11.7 Å². The summed E-state index contributed by atoms with van der Waals surface area (Å²) in [5.41, 5.74) is 1.05. The van der Waals surface area contributed by atoms with Crippen LogP contribution in [0.15, 0.2) is 47.5 Å². The monoisotopic (exact) mass is 394 g/mol. The molecule has 1 fully saturated rings. The van der Waals surface area contributed by atoms with Gasteiger partial charge in [-0.3, -0.25) is 9.78 Å². The highest BCUT2D eigenvalue weighted by atomic mass is 16.5. The molecule has 1 unspecified atom stereocenters. The van der Waals surface area contributed by atoms with E-state index >= 15 is 0 Å². The van der Waals surface area contributed by atoms with Crippen LogP contribution >= 0.6 is 0 Å². The Hall–Kier alpha value is -3.49. The van der Waals surface area contributed by atoms with Crippen molar-refractivity contribution in [2.45, 2.75) is 18.9 Å². The molecule has 29 heavy (non-hydrogen) atoms. The third kappa shape index (κ3) is 4.18. The number of hydrogen-bond donors (Lipinski definition) is 0. The lowest BCUT2D eigenvalue weighted by Crippen LogP contribution is -2.44. The number of ether oxygens (including phenoxy) is 1. The van der Waals surface area contributed by atoms with Gasteiger partial charge in [0.25, 0.3) is 11.8 Å². The highest BCUT2D eigenvalue weighted by molar-refractivity contribution is 5.93. The van der Waals surface area contributed by atoms with Crippen molar-refractivity contribution in [3.63, 3.8) is 0 Å². The van der Waals surface area contributed by atoms with Gasteiger partial charge in [0.05, 0.1) is 6.54 Å². The minimum absolute atomic E-state index is 0.159. The van der Waals surface area contributed by atoms with Crippen LogP contribution in [0.1, 0.15) is 23.3 Å². The molecule has 1 aliphatic rings. The van der Waals surface area contributed by atoms with E-state index < -0.39 is 0 Å². The van der Waals surface area contributed by atoms with E-state index in [-0.39, 0.29) is 17.7 Å². The summed E-state index contributed by atoms with van der Waals surface area (Å²) in [5.74, 6) is 1.47. The average molecular weight is 394 g/mol. The number of piperidine rings is 1. The highest BCUT2D eigenvalue weighted by Gasteiger charge is 2.28. The van der Waals surface area contributed by atoms with E-state index in [2.05, 4.69) is 20.1 Å². The van der Waals surface area contributed by atoms with Crippen LogP contribution in [0, 0.1) is 0 Å². The van der Waals surface area contributed by atoms with E-state index in [1.165, 1.54) is 0 Å². The Morgan fingerprint density at radius 1 is 1.28 bits per heavy atom. The van der Waals surface area contributed by atoms with Crippen LogP contribution in [0.25, 0.3) is 11.3 Å². The third-order valence-corrected chi connectivity index (χ3v) is 4.69. The van der Waals surface area contributed by atoms with Crippen LogP contribution in [0.2, 0.25) is 0 Å². The lowest BCUT2D eigenvalue weighted by atomic mass is 10.1. The van der Waals surface area contributed by atoms with Gasteiger partial charge in [0.1, 0.15) is 6.10 Å². The van der Waals surface area contributed by atoms with Crippen molar-refractivity contribution in [3.8, 4) is 17.2 Å². The van der Waals surface area contributed by atoms with Gasteiger partial charge < -0.3 is 19.1 Å². The number of pyridine rings is 1. The Morgan fingerprint density at radius 2 is 2.14 bits per heavy atom. The Morgan fingerprint density at radius 3 is 2.93 bits per heavy atom. The van der Waals surface area contributed by atoms with Gasteiger partial charge in [0, 0.05) is 57.1 Å². The van der Waals surface area contributed by atoms with E-state index in [4.69, 9.17) is 9.26 Å². The van der Waals surface area contributed by atoms with Crippen LogP contribution < -0.4 is 9.64 Å². The number of amides is 1. The first-order valence-electron chi connectivity index (χ1n) is 9.43. The van der Waals surface area contributed by atoms with E-state index in [0.717, 1.165) is 18.4 Å². The topological polar surface area (TPSA) is 97.5 Å². The summed E-state index contributed by atoms with van der Waals surface area (Å²) in [6, 6.07) is 5.31. The molecule has 0 aromatic carbocycles. The normalized spacial score (nSPS) is 16.5. The molecule has 150 valence electrons. The second-order valence-corrected chi connectivity index (χ2v) is 7.03. The number of aromatic nitrogens is 4. The standard InChI is InChI=1S/C20H22N6O3/c1-25(2)18-19(23-9-8-22-18)28-15-6-4-10-26(13-15)20(27)16-11-17(29-24-16)14-5-3-7-21-12-14/h3,5,7-9,11-12,15H,4,6,10,13H2,1-2H3. The Balaban J connectivity index is 1.45. The van der Waals surface area contributed by atoms with E-state index in [9.17, 15) is 4.79 Å². The summed E-state index contributed by atoms with van der Waals surface area (Å²) >= 11 is 0. The Labute approximate surface area is 168 Å². The van der Waals surface area contributed by atoms with Crippen molar-refractivity contribution in [2.75, 3.05) is 32.1 Å². The number of carbonyl (C=O) groups excluding carboxylic acids is 1. The molecule has 3 aromatic rings. The van der Waals surface area contributed by atoms with E-state index in [0.29, 0.717) is 30.5 Å². The van der Waals surface area contributed by atoms with Crippen molar-refractivity contribution in [1.82, 2.24) is 25.0 Å². The molecule has 0 aliphatic carbocycles. The highest BCUT2D eigenvalue weighted by Crippen LogP contribution is 2.25. The number of anilines is 1. The van der Waals surface area contributed by atoms with Crippen LogP contribution in [-0.4, -0.2) is 64.2 Å². The smallest absolute Gasteiger partial charge is 0.276 e. The fourth-order valence-corrected chi connectivity index (χ4v) is 3.27. The predicted octanol–water partition coefficient (Wildman–Crippen LogP) is 2.28. The molecule has 3 aromatic heterocycles. The predicted molar refractivity (Wildman–Crippen MR) is 106 cm³/mol. The first-order chi connectivity index (χ1) is 14.1. The maximum atomic E-state index is 12.9. The third-order valence-electron chi connectivity index (χ3n) is 4.69. The van der Waals surface area contributed by atoms with Crippen LogP contribution in [0.4, 0.5) is 5.82 Å². The first kappa shape index (κ1) is 18.9. The number of rotatable bonds is 5. The number of carbonyl (C=O) groups is 1. The van der Waals surface area contributed by atoms with Crippen LogP contribution in [0.5, 0.6) is 5.88 Å².